The van der Waals surface area contributed by atoms with E-state index in [1.807, 2.05) is 29.2 Å². The SMILES string of the molecule is C[C@@H]1C[C@@H]2CN(C(=O)CCc3ccc(Cl)cc3)CC[C@@H]2O1. The minimum absolute atomic E-state index is 0.267. The van der Waals surface area contributed by atoms with Crippen LogP contribution in [0.1, 0.15) is 31.7 Å². The van der Waals surface area contributed by atoms with E-state index < -0.39 is 0 Å². The highest BCUT2D eigenvalue weighted by atomic mass is 35.5. The Morgan fingerprint density at radius 2 is 2.14 bits per heavy atom. The lowest BCUT2D eigenvalue weighted by Gasteiger charge is -2.34. The fraction of sp³-hybridized carbons (Fsp3) is 0.588. The third kappa shape index (κ3) is 3.58. The van der Waals surface area contributed by atoms with E-state index in [2.05, 4.69) is 6.92 Å². The van der Waals surface area contributed by atoms with E-state index in [9.17, 15) is 4.79 Å². The van der Waals surface area contributed by atoms with Gasteiger partial charge in [-0.2, -0.15) is 0 Å². The second kappa shape index (κ2) is 6.37. The lowest BCUT2D eigenvalue weighted by molar-refractivity contribution is -0.134. The van der Waals surface area contributed by atoms with Gasteiger partial charge in [0, 0.05) is 30.5 Å². The standard InChI is InChI=1S/C17H22ClNO2/c1-12-10-14-11-19(9-8-16(14)21-12)17(20)7-4-13-2-5-15(18)6-3-13/h2-3,5-6,12,14,16H,4,7-11H2,1H3/t12-,14-,16+/m1/s1. The van der Waals surface area contributed by atoms with Crippen LogP contribution in [-0.2, 0) is 16.0 Å². The molecule has 0 radical (unpaired) electrons. The molecule has 2 saturated heterocycles. The van der Waals surface area contributed by atoms with Crippen LogP contribution >= 0.6 is 11.6 Å². The Morgan fingerprint density at radius 1 is 1.38 bits per heavy atom. The van der Waals surface area contributed by atoms with Crippen molar-refractivity contribution in [2.24, 2.45) is 5.92 Å². The van der Waals surface area contributed by atoms with Crippen LogP contribution in [0.15, 0.2) is 24.3 Å². The molecule has 114 valence electrons. The Morgan fingerprint density at radius 3 is 2.90 bits per heavy atom. The maximum Gasteiger partial charge on any atom is 0.222 e. The number of aryl methyl sites for hydroxylation is 1. The number of carbonyl (C=O) groups excluding carboxylic acids is 1. The Labute approximate surface area is 131 Å². The summed E-state index contributed by atoms with van der Waals surface area (Å²) in [5.74, 6) is 0.802. The average Bonchev–Trinajstić information content (AvgIpc) is 2.85. The molecular formula is C17H22ClNO2. The predicted molar refractivity (Wildman–Crippen MR) is 83.4 cm³/mol. The molecule has 2 heterocycles. The van der Waals surface area contributed by atoms with Gasteiger partial charge in [-0.3, -0.25) is 4.79 Å². The fourth-order valence-electron chi connectivity index (χ4n) is 3.48. The maximum absolute atomic E-state index is 12.4. The summed E-state index contributed by atoms with van der Waals surface area (Å²) in [6.45, 7) is 3.84. The number of hydrogen-bond acceptors (Lipinski definition) is 2. The minimum Gasteiger partial charge on any atom is -0.375 e. The van der Waals surface area contributed by atoms with Gasteiger partial charge in [0.25, 0.3) is 0 Å². The van der Waals surface area contributed by atoms with Crippen LogP contribution in [-0.4, -0.2) is 36.1 Å². The predicted octanol–water partition coefficient (Wildman–Crippen LogP) is 3.30. The summed E-state index contributed by atoms with van der Waals surface area (Å²) in [6, 6.07) is 7.75. The number of amides is 1. The third-order valence-corrected chi connectivity index (χ3v) is 4.85. The molecule has 1 aromatic carbocycles. The number of nitrogens with zero attached hydrogens (tertiary/aromatic N) is 1. The van der Waals surface area contributed by atoms with Crippen molar-refractivity contribution in [1.29, 1.82) is 0 Å². The molecule has 3 nitrogen and oxygen atoms in total. The maximum atomic E-state index is 12.4. The van der Waals surface area contributed by atoms with Gasteiger partial charge in [0.15, 0.2) is 0 Å². The number of hydrogen-bond donors (Lipinski definition) is 0. The number of fused-ring (bicyclic) bond motifs is 1. The van der Waals surface area contributed by atoms with E-state index >= 15 is 0 Å². The molecule has 3 atom stereocenters. The number of rotatable bonds is 3. The van der Waals surface area contributed by atoms with E-state index in [1.54, 1.807) is 0 Å². The summed E-state index contributed by atoms with van der Waals surface area (Å²) in [4.78, 5) is 14.4. The minimum atomic E-state index is 0.267. The van der Waals surface area contributed by atoms with Crippen molar-refractivity contribution in [3.05, 3.63) is 34.9 Å². The summed E-state index contributed by atoms with van der Waals surface area (Å²) in [5.41, 5.74) is 1.17. The molecule has 0 aliphatic carbocycles. The number of likely N-dealkylation sites (tertiary alicyclic amines) is 1. The highest BCUT2D eigenvalue weighted by molar-refractivity contribution is 6.30. The molecule has 2 aliphatic rings. The van der Waals surface area contributed by atoms with Crippen molar-refractivity contribution < 1.29 is 9.53 Å². The Balaban J connectivity index is 1.50. The monoisotopic (exact) mass is 307 g/mol. The Kier molecular flexibility index (Phi) is 4.51. The molecule has 0 N–H and O–H groups in total. The van der Waals surface area contributed by atoms with Crippen LogP contribution in [0.25, 0.3) is 0 Å². The van der Waals surface area contributed by atoms with E-state index in [1.165, 1.54) is 5.56 Å². The Bertz CT molecular complexity index is 502. The molecule has 0 saturated carbocycles. The summed E-state index contributed by atoms with van der Waals surface area (Å²) in [5, 5.41) is 0.738. The van der Waals surface area contributed by atoms with Gasteiger partial charge in [0.05, 0.1) is 12.2 Å². The third-order valence-electron chi connectivity index (χ3n) is 4.60. The van der Waals surface area contributed by atoms with Gasteiger partial charge in [0.2, 0.25) is 5.91 Å². The van der Waals surface area contributed by atoms with Gasteiger partial charge in [-0.1, -0.05) is 23.7 Å². The number of carbonyl (C=O) groups is 1. The van der Waals surface area contributed by atoms with Gasteiger partial charge in [-0.25, -0.2) is 0 Å². The van der Waals surface area contributed by atoms with E-state index in [0.717, 1.165) is 37.4 Å². The van der Waals surface area contributed by atoms with Crippen LogP contribution in [0, 0.1) is 5.92 Å². The number of piperidine rings is 1. The lowest BCUT2D eigenvalue weighted by Crippen LogP contribution is -2.44. The topological polar surface area (TPSA) is 29.5 Å². The molecule has 0 spiro atoms. The zero-order valence-corrected chi connectivity index (χ0v) is 13.2. The first-order valence-electron chi connectivity index (χ1n) is 7.79. The summed E-state index contributed by atoms with van der Waals surface area (Å²) in [7, 11) is 0. The van der Waals surface area contributed by atoms with Crippen molar-refractivity contribution in [2.75, 3.05) is 13.1 Å². The molecular weight excluding hydrogens is 286 g/mol. The first kappa shape index (κ1) is 14.9. The van der Waals surface area contributed by atoms with Crippen molar-refractivity contribution >= 4 is 17.5 Å². The zero-order valence-electron chi connectivity index (χ0n) is 12.4. The van der Waals surface area contributed by atoms with Crippen molar-refractivity contribution in [3.8, 4) is 0 Å². The van der Waals surface area contributed by atoms with Gasteiger partial charge in [0.1, 0.15) is 0 Å². The molecule has 21 heavy (non-hydrogen) atoms. The normalized spacial score (nSPS) is 28.5. The summed E-state index contributed by atoms with van der Waals surface area (Å²) < 4.78 is 5.88. The second-order valence-corrected chi connectivity index (χ2v) is 6.67. The fourth-order valence-corrected chi connectivity index (χ4v) is 3.61. The molecule has 2 fully saturated rings. The highest BCUT2D eigenvalue weighted by Crippen LogP contribution is 2.32. The van der Waals surface area contributed by atoms with E-state index in [0.29, 0.717) is 24.5 Å². The molecule has 0 unspecified atom stereocenters. The van der Waals surface area contributed by atoms with Crippen molar-refractivity contribution in [2.45, 2.75) is 44.8 Å². The van der Waals surface area contributed by atoms with Crippen LogP contribution in [0.5, 0.6) is 0 Å². The molecule has 2 aliphatic heterocycles. The van der Waals surface area contributed by atoms with Crippen LogP contribution in [0.4, 0.5) is 0 Å². The molecule has 0 aromatic heterocycles. The smallest absolute Gasteiger partial charge is 0.222 e. The first-order chi connectivity index (χ1) is 10.1. The van der Waals surface area contributed by atoms with Crippen LogP contribution in [0.2, 0.25) is 5.02 Å². The number of ether oxygens (including phenoxy) is 1. The highest BCUT2D eigenvalue weighted by Gasteiger charge is 2.38. The second-order valence-electron chi connectivity index (χ2n) is 6.24. The summed E-state index contributed by atoms with van der Waals surface area (Å²) in [6.07, 6.45) is 4.17. The first-order valence-corrected chi connectivity index (χ1v) is 8.17. The van der Waals surface area contributed by atoms with Gasteiger partial charge in [-0.05, 0) is 43.9 Å². The molecule has 0 bridgehead atoms. The number of halogens is 1. The average molecular weight is 308 g/mol. The van der Waals surface area contributed by atoms with E-state index in [-0.39, 0.29) is 5.91 Å². The van der Waals surface area contributed by atoms with Crippen molar-refractivity contribution in [3.63, 3.8) is 0 Å². The van der Waals surface area contributed by atoms with E-state index in [4.69, 9.17) is 16.3 Å². The summed E-state index contributed by atoms with van der Waals surface area (Å²) >= 11 is 5.87. The Hall–Kier alpha value is -1.06. The van der Waals surface area contributed by atoms with Crippen molar-refractivity contribution in [1.82, 2.24) is 4.90 Å². The lowest BCUT2D eigenvalue weighted by atomic mass is 9.93. The number of benzene rings is 1. The van der Waals surface area contributed by atoms with Gasteiger partial charge >= 0.3 is 0 Å². The van der Waals surface area contributed by atoms with Gasteiger partial charge < -0.3 is 9.64 Å². The van der Waals surface area contributed by atoms with Crippen LogP contribution < -0.4 is 0 Å². The quantitative estimate of drug-likeness (QED) is 0.857. The van der Waals surface area contributed by atoms with Gasteiger partial charge in [-0.15, -0.1) is 0 Å². The molecule has 1 aromatic rings. The molecule has 3 rings (SSSR count). The van der Waals surface area contributed by atoms with Crippen LogP contribution in [0.3, 0.4) is 0 Å². The zero-order chi connectivity index (χ0) is 14.8. The largest absolute Gasteiger partial charge is 0.375 e. The molecule has 1 amide bonds. The molecule has 4 heteroatoms.